The number of hydrogen-bond acceptors (Lipinski definition) is 1. The number of carbonyl (C=O) groups excluding carboxylic acids is 1. The molecule has 0 spiro atoms. The molecule has 15 heavy (non-hydrogen) atoms. The number of hydrogen-bond donors (Lipinski definition) is 0. The minimum Gasteiger partial charge on any atom is -0.299 e. The average Bonchev–Trinajstić information content (AvgIpc) is 2.60. The molecule has 2 heteroatoms. The molecule has 2 aliphatic rings. The SMILES string of the molecule is C[C@]12Cc3cc(F)ccc3[C@H]1CCC2=O. The highest BCUT2D eigenvalue weighted by Crippen LogP contribution is 2.54. The van der Waals surface area contributed by atoms with Gasteiger partial charge in [-0.2, -0.15) is 0 Å². The van der Waals surface area contributed by atoms with Gasteiger partial charge in [0.2, 0.25) is 0 Å². The number of ketones is 1. The van der Waals surface area contributed by atoms with Gasteiger partial charge in [0.05, 0.1) is 0 Å². The predicted molar refractivity (Wildman–Crippen MR) is 55.2 cm³/mol. The van der Waals surface area contributed by atoms with E-state index < -0.39 is 0 Å². The van der Waals surface area contributed by atoms with Crippen molar-refractivity contribution in [2.75, 3.05) is 0 Å². The monoisotopic (exact) mass is 204 g/mol. The van der Waals surface area contributed by atoms with E-state index in [0.29, 0.717) is 18.1 Å². The molecule has 2 aliphatic carbocycles. The van der Waals surface area contributed by atoms with Crippen molar-refractivity contribution in [1.29, 1.82) is 0 Å². The van der Waals surface area contributed by atoms with Crippen LogP contribution in [0.1, 0.15) is 36.8 Å². The summed E-state index contributed by atoms with van der Waals surface area (Å²) in [5, 5.41) is 0. The van der Waals surface area contributed by atoms with Crippen LogP contribution in [-0.4, -0.2) is 5.78 Å². The van der Waals surface area contributed by atoms with Crippen molar-refractivity contribution >= 4 is 5.78 Å². The Bertz CT molecular complexity index is 452. The smallest absolute Gasteiger partial charge is 0.139 e. The highest BCUT2D eigenvalue weighted by molar-refractivity contribution is 5.89. The molecule has 1 aromatic rings. The molecule has 0 aromatic heterocycles. The van der Waals surface area contributed by atoms with E-state index in [1.165, 1.54) is 11.6 Å². The van der Waals surface area contributed by atoms with Crippen molar-refractivity contribution in [1.82, 2.24) is 0 Å². The van der Waals surface area contributed by atoms with Gasteiger partial charge in [0.1, 0.15) is 11.6 Å². The van der Waals surface area contributed by atoms with Gasteiger partial charge in [0.15, 0.2) is 0 Å². The molecule has 1 fully saturated rings. The Morgan fingerprint density at radius 2 is 2.27 bits per heavy atom. The van der Waals surface area contributed by atoms with E-state index in [0.717, 1.165) is 18.4 Å². The molecule has 78 valence electrons. The van der Waals surface area contributed by atoms with Gasteiger partial charge in [-0.3, -0.25) is 4.79 Å². The maximum Gasteiger partial charge on any atom is 0.139 e. The second-order valence-electron chi connectivity index (χ2n) is 4.95. The number of fused-ring (bicyclic) bond motifs is 3. The van der Waals surface area contributed by atoms with E-state index in [4.69, 9.17) is 0 Å². The van der Waals surface area contributed by atoms with E-state index in [-0.39, 0.29) is 11.2 Å². The lowest BCUT2D eigenvalue weighted by Gasteiger charge is -2.21. The Morgan fingerprint density at radius 1 is 1.47 bits per heavy atom. The summed E-state index contributed by atoms with van der Waals surface area (Å²) in [5.41, 5.74) is 2.00. The second kappa shape index (κ2) is 2.69. The summed E-state index contributed by atoms with van der Waals surface area (Å²) >= 11 is 0. The van der Waals surface area contributed by atoms with E-state index in [1.807, 2.05) is 13.0 Å². The molecule has 0 saturated heterocycles. The Hall–Kier alpha value is -1.18. The van der Waals surface area contributed by atoms with E-state index in [2.05, 4.69) is 0 Å². The molecular weight excluding hydrogens is 191 g/mol. The zero-order chi connectivity index (χ0) is 10.6. The second-order valence-corrected chi connectivity index (χ2v) is 4.95. The Balaban J connectivity index is 2.14. The van der Waals surface area contributed by atoms with Gasteiger partial charge in [-0.05, 0) is 42.0 Å². The maximum absolute atomic E-state index is 13.1. The first-order chi connectivity index (χ1) is 7.11. The summed E-state index contributed by atoms with van der Waals surface area (Å²) in [6.45, 7) is 2.03. The van der Waals surface area contributed by atoms with Gasteiger partial charge in [-0.25, -0.2) is 4.39 Å². The third-order valence-electron chi connectivity index (χ3n) is 4.10. The van der Waals surface area contributed by atoms with Crippen LogP contribution < -0.4 is 0 Å². The zero-order valence-corrected chi connectivity index (χ0v) is 8.72. The van der Waals surface area contributed by atoms with Crippen LogP contribution in [0, 0.1) is 11.2 Å². The maximum atomic E-state index is 13.1. The molecule has 0 unspecified atom stereocenters. The van der Waals surface area contributed by atoms with Crippen molar-refractivity contribution in [3.63, 3.8) is 0 Å². The molecular formula is C13H13FO. The van der Waals surface area contributed by atoms with Crippen LogP contribution in [0.5, 0.6) is 0 Å². The number of carbonyl (C=O) groups is 1. The first-order valence-corrected chi connectivity index (χ1v) is 5.43. The summed E-state index contributed by atoms with van der Waals surface area (Å²) < 4.78 is 13.1. The van der Waals surface area contributed by atoms with Crippen LogP contribution in [0.25, 0.3) is 0 Å². The fraction of sp³-hybridized carbons (Fsp3) is 0.462. The Morgan fingerprint density at radius 3 is 3.07 bits per heavy atom. The standard InChI is InChI=1S/C13H13FO/c1-13-7-8-6-9(14)2-3-10(8)11(13)4-5-12(13)15/h2-3,6,11H,4-5,7H2,1H3/t11-,13+/m1/s1. The topological polar surface area (TPSA) is 17.1 Å². The van der Waals surface area contributed by atoms with Crippen LogP contribution in [0.2, 0.25) is 0 Å². The van der Waals surface area contributed by atoms with Gasteiger partial charge >= 0.3 is 0 Å². The lowest BCUT2D eigenvalue weighted by molar-refractivity contribution is -0.125. The number of halogens is 1. The Labute approximate surface area is 88.3 Å². The van der Waals surface area contributed by atoms with Gasteiger partial charge in [-0.1, -0.05) is 13.0 Å². The van der Waals surface area contributed by atoms with Crippen molar-refractivity contribution in [3.05, 3.63) is 35.1 Å². The molecule has 0 radical (unpaired) electrons. The van der Waals surface area contributed by atoms with Crippen LogP contribution >= 0.6 is 0 Å². The average molecular weight is 204 g/mol. The van der Waals surface area contributed by atoms with E-state index in [1.54, 1.807) is 6.07 Å². The zero-order valence-electron chi connectivity index (χ0n) is 8.72. The fourth-order valence-electron chi connectivity index (χ4n) is 3.26. The largest absolute Gasteiger partial charge is 0.299 e. The lowest BCUT2D eigenvalue weighted by Crippen LogP contribution is -2.24. The van der Waals surface area contributed by atoms with Gasteiger partial charge in [0.25, 0.3) is 0 Å². The predicted octanol–water partition coefficient (Wildman–Crippen LogP) is 2.83. The van der Waals surface area contributed by atoms with Crippen LogP contribution in [0.15, 0.2) is 18.2 Å². The molecule has 0 heterocycles. The Kier molecular flexibility index (Phi) is 1.63. The molecule has 0 aliphatic heterocycles. The molecule has 3 rings (SSSR count). The van der Waals surface area contributed by atoms with Gasteiger partial charge in [0, 0.05) is 11.8 Å². The number of benzene rings is 1. The third-order valence-corrected chi connectivity index (χ3v) is 4.10. The molecule has 1 nitrogen and oxygen atoms in total. The fourth-order valence-corrected chi connectivity index (χ4v) is 3.26. The van der Waals surface area contributed by atoms with Crippen molar-refractivity contribution in [2.45, 2.75) is 32.1 Å². The van der Waals surface area contributed by atoms with E-state index in [9.17, 15) is 9.18 Å². The highest BCUT2D eigenvalue weighted by atomic mass is 19.1. The molecule has 2 atom stereocenters. The molecule has 1 aromatic carbocycles. The molecule has 0 bridgehead atoms. The van der Waals surface area contributed by atoms with Gasteiger partial charge < -0.3 is 0 Å². The summed E-state index contributed by atoms with van der Waals surface area (Å²) in [4.78, 5) is 11.8. The van der Waals surface area contributed by atoms with Gasteiger partial charge in [-0.15, -0.1) is 0 Å². The molecule has 0 amide bonds. The summed E-state index contributed by atoms with van der Waals surface area (Å²) in [6, 6.07) is 4.96. The number of Topliss-reactive ketones (excluding diaryl/α,β-unsaturated/α-hetero) is 1. The third kappa shape index (κ3) is 1.05. The van der Waals surface area contributed by atoms with Crippen molar-refractivity contribution in [2.24, 2.45) is 5.41 Å². The molecule has 1 saturated carbocycles. The number of rotatable bonds is 0. The van der Waals surface area contributed by atoms with E-state index >= 15 is 0 Å². The summed E-state index contributed by atoms with van der Waals surface area (Å²) in [6.07, 6.45) is 2.36. The minimum absolute atomic E-state index is 0.190. The normalized spacial score (nSPS) is 32.9. The lowest BCUT2D eigenvalue weighted by atomic mass is 9.80. The quantitative estimate of drug-likeness (QED) is 0.635. The summed E-state index contributed by atoms with van der Waals surface area (Å²) in [5.74, 6) is 0.495. The van der Waals surface area contributed by atoms with Crippen LogP contribution in [0.3, 0.4) is 0 Å². The molecule has 0 N–H and O–H groups in total. The van der Waals surface area contributed by atoms with Crippen LogP contribution in [-0.2, 0) is 11.2 Å². The van der Waals surface area contributed by atoms with Crippen molar-refractivity contribution in [3.8, 4) is 0 Å². The first kappa shape index (κ1) is 9.08. The van der Waals surface area contributed by atoms with Crippen molar-refractivity contribution < 1.29 is 9.18 Å². The van der Waals surface area contributed by atoms with Crippen LogP contribution in [0.4, 0.5) is 4.39 Å². The first-order valence-electron chi connectivity index (χ1n) is 5.43. The minimum atomic E-state index is -0.240. The highest BCUT2D eigenvalue weighted by Gasteiger charge is 2.51. The summed E-state index contributed by atoms with van der Waals surface area (Å²) in [7, 11) is 0.